The lowest BCUT2D eigenvalue weighted by Gasteiger charge is -2.19. The van der Waals surface area contributed by atoms with E-state index in [4.69, 9.17) is 10.0 Å². The van der Waals surface area contributed by atoms with E-state index in [1.54, 1.807) is 0 Å². The Hall–Kier alpha value is -1.46. The molecule has 0 aromatic heterocycles. The first-order valence-electron chi connectivity index (χ1n) is 8.89. The summed E-state index contributed by atoms with van der Waals surface area (Å²) in [5, 5.41) is 16.7. The van der Waals surface area contributed by atoms with Gasteiger partial charge >= 0.3 is 19.7 Å². The van der Waals surface area contributed by atoms with Crippen molar-refractivity contribution >= 4 is 7.32 Å². The van der Waals surface area contributed by atoms with E-state index >= 15 is 0 Å². The standard InChI is InChI=1S/C9H21N.C8H5BF6O3/c1-4-7-10(8-5-2)9-6-3;10-7(11,12)4-1-5(8(13,14)15)3-6(2-4)18-9(16)17/h4-9H2,1-3H3;1-3,16-17H. The molecule has 11 heteroatoms. The fraction of sp³-hybridized carbons (Fsp3) is 0.647. The predicted octanol–water partition coefficient (Wildman–Crippen LogP) is 4.59. The largest absolute Gasteiger partial charge is 0.707 e. The third-order valence-electron chi connectivity index (χ3n) is 3.42. The van der Waals surface area contributed by atoms with E-state index < -0.39 is 36.6 Å². The van der Waals surface area contributed by atoms with Gasteiger partial charge in [0.25, 0.3) is 0 Å². The highest BCUT2D eigenvalue weighted by Crippen LogP contribution is 2.38. The van der Waals surface area contributed by atoms with Crippen molar-refractivity contribution in [2.24, 2.45) is 0 Å². The normalized spacial score (nSPS) is 11.9. The van der Waals surface area contributed by atoms with Crippen LogP contribution >= 0.6 is 0 Å². The minimum atomic E-state index is -5.01. The van der Waals surface area contributed by atoms with Gasteiger partial charge in [-0.3, -0.25) is 0 Å². The van der Waals surface area contributed by atoms with Crippen LogP contribution in [0.15, 0.2) is 18.2 Å². The summed E-state index contributed by atoms with van der Waals surface area (Å²) >= 11 is 0. The van der Waals surface area contributed by atoms with Crippen LogP contribution in [0.2, 0.25) is 0 Å². The molecule has 0 aliphatic rings. The molecule has 28 heavy (non-hydrogen) atoms. The molecule has 162 valence electrons. The quantitative estimate of drug-likeness (QED) is 0.480. The topological polar surface area (TPSA) is 52.9 Å². The lowest BCUT2D eigenvalue weighted by atomic mass is 10.1. The Morgan fingerprint density at radius 1 is 0.786 bits per heavy atom. The van der Waals surface area contributed by atoms with Gasteiger partial charge in [0.1, 0.15) is 5.75 Å². The summed E-state index contributed by atoms with van der Waals surface area (Å²) in [6.07, 6.45) is -6.15. The van der Waals surface area contributed by atoms with Crippen LogP contribution in [0.25, 0.3) is 0 Å². The second-order valence-corrected chi connectivity index (χ2v) is 6.03. The van der Waals surface area contributed by atoms with Crippen molar-refractivity contribution in [1.82, 2.24) is 4.90 Å². The van der Waals surface area contributed by atoms with Gasteiger partial charge in [-0.15, -0.1) is 0 Å². The first kappa shape index (κ1) is 26.5. The monoisotopic (exact) mass is 417 g/mol. The molecular formula is C17H26BF6NO3. The van der Waals surface area contributed by atoms with E-state index in [2.05, 4.69) is 30.3 Å². The van der Waals surface area contributed by atoms with Crippen molar-refractivity contribution in [3.8, 4) is 5.75 Å². The summed E-state index contributed by atoms with van der Waals surface area (Å²) in [6.45, 7) is 10.6. The van der Waals surface area contributed by atoms with Crippen LogP contribution in [0.3, 0.4) is 0 Å². The Morgan fingerprint density at radius 3 is 1.39 bits per heavy atom. The fourth-order valence-electron chi connectivity index (χ4n) is 2.40. The summed E-state index contributed by atoms with van der Waals surface area (Å²) in [5.74, 6) is -0.952. The minimum Gasteiger partial charge on any atom is -0.512 e. The molecule has 0 saturated carbocycles. The number of halogens is 6. The highest BCUT2D eigenvalue weighted by atomic mass is 19.4. The molecule has 0 amide bonds. The number of alkyl halides is 6. The summed E-state index contributed by atoms with van der Waals surface area (Å²) < 4.78 is 78.0. The van der Waals surface area contributed by atoms with Crippen molar-refractivity contribution in [2.45, 2.75) is 52.4 Å². The summed E-state index contributed by atoms with van der Waals surface area (Å²) in [6, 6.07) is 0.361. The van der Waals surface area contributed by atoms with Crippen LogP contribution in [-0.2, 0) is 12.4 Å². The average molecular weight is 417 g/mol. The van der Waals surface area contributed by atoms with Crippen molar-refractivity contribution in [2.75, 3.05) is 19.6 Å². The minimum absolute atomic E-state index is 0.101. The van der Waals surface area contributed by atoms with Gasteiger partial charge in [-0.05, 0) is 57.1 Å². The van der Waals surface area contributed by atoms with Gasteiger partial charge in [0.05, 0.1) is 11.1 Å². The highest BCUT2D eigenvalue weighted by molar-refractivity contribution is 6.33. The maximum absolute atomic E-state index is 12.3. The van der Waals surface area contributed by atoms with Gasteiger partial charge < -0.3 is 19.6 Å². The molecule has 0 radical (unpaired) electrons. The summed E-state index contributed by atoms with van der Waals surface area (Å²) in [4.78, 5) is 2.54. The van der Waals surface area contributed by atoms with E-state index in [9.17, 15) is 26.3 Å². The van der Waals surface area contributed by atoms with Crippen LogP contribution in [0.1, 0.15) is 51.2 Å². The van der Waals surface area contributed by atoms with Gasteiger partial charge in [0.2, 0.25) is 0 Å². The molecular weight excluding hydrogens is 391 g/mol. The zero-order chi connectivity index (χ0) is 22.0. The molecule has 0 heterocycles. The third kappa shape index (κ3) is 10.8. The smallest absolute Gasteiger partial charge is 0.512 e. The highest BCUT2D eigenvalue weighted by Gasteiger charge is 2.37. The third-order valence-corrected chi connectivity index (χ3v) is 3.42. The van der Waals surface area contributed by atoms with Gasteiger partial charge in [-0.1, -0.05) is 20.8 Å². The molecule has 0 aliphatic carbocycles. The first-order valence-corrected chi connectivity index (χ1v) is 8.89. The van der Waals surface area contributed by atoms with Crippen molar-refractivity contribution in [3.63, 3.8) is 0 Å². The van der Waals surface area contributed by atoms with Crippen LogP contribution in [0.4, 0.5) is 26.3 Å². The molecule has 0 atom stereocenters. The maximum Gasteiger partial charge on any atom is 0.707 e. The van der Waals surface area contributed by atoms with Gasteiger partial charge in [-0.2, -0.15) is 26.3 Å². The molecule has 0 saturated heterocycles. The molecule has 0 fully saturated rings. The lowest BCUT2D eigenvalue weighted by Crippen LogP contribution is -2.25. The molecule has 1 aromatic carbocycles. The van der Waals surface area contributed by atoms with Gasteiger partial charge in [0.15, 0.2) is 0 Å². The van der Waals surface area contributed by atoms with Gasteiger partial charge in [-0.25, -0.2) is 0 Å². The van der Waals surface area contributed by atoms with Gasteiger partial charge in [0, 0.05) is 0 Å². The fourth-order valence-corrected chi connectivity index (χ4v) is 2.40. The summed E-state index contributed by atoms with van der Waals surface area (Å²) in [7, 11) is -2.52. The molecule has 1 rings (SSSR count). The molecule has 0 spiro atoms. The van der Waals surface area contributed by atoms with E-state index in [-0.39, 0.29) is 18.2 Å². The van der Waals surface area contributed by atoms with Crippen molar-refractivity contribution < 1.29 is 41.0 Å². The molecule has 4 nitrogen and oxygen atoms in total. The predicted molar refractivity (Wildman–Crippen MR) is 94.6 cm³/mol. The van der Waals surface area contributed by atoms with Crippen LogP contribution in [0.5, 0.6) is 5.75 Å². The Morgan fingerprint density at radius 2 is 1.14 bits per heavy atom. The Labute approximate surface area is 161 Å². The zero-order valence-corrected chi connectivity index (χ0v) is 16.1. The number of nitrogens with zero attached hydrogens (tertiary/aromatic N) is 1. The summed E-state index contributed by atoms with van der Waals surface area (Å²) in [5.41, 5.74) is -3.21. The first-order chi connectivity index (χ1) is 12.8. The molecule has 0 unspecified atom stereocenters. The molecule has 2 N–H and O–H groups in total. The number of hydrogen-bond acceptors (Lipinski definition) is 4. The lowest BCUT2D eigenvalue weighted by molar-refractivity contribution is -0.143. The van der Waals surface area contributed by atoms with E-state index in [1.165, 1.54) is 38.9 Å². The van der Waals surface area contributed by atoms with E-state index in [0.717, 1.165) is 0 Å². The van der Waals surface area contributed by atoms with E-state index in [1.807, 2.05) is 0 Å². The Kier molecular flexibility index (Phi) is 11.5. The molecule has 1 aromatic rings. The average Bonchev–Trinajstić information content (AvgIpc) is 2.53. The van der Waals surface area contributed by atoms with Crippen molar-refractivity contribution in [1.29, 1.82) is 0 Å². The molecule has 0 bridgehead atoms. The second kappa shape index (κ2) is 12.2. The maximum atomic E-state index is 12.3. The Bertz CT molecular complexity index is 520. The van der Waals surface area contributed by atoms with E-state index in [0.29, 0.717) is 0 Å². The van der Waals surface area contributed by atoms with Crippen molar-refractivity contribution in [3.05, 3.63) is 29.3 Å². The van der Waals surface area contributed by atoms with Crippen LogP contribution in [0, 0.1) is 0 Å². The molecule has 0 aliphatic heterocycles. The SMILES string of the molecule is CCCN(CCC)CCC.OB(O)Oc1cc(C(F)(F)F)cc(C(F)(F)F)c1. The zero-order valence-electron chi connectivity index (χ0n) is 16.1. The second-order valence-electron chi connectivity index (χ2n) is 6.03. The van der Waals surface area contributed by atoms with Crippen LogP contribution in [-0.4, -0.2) is 41.9 Å². The Balaban J connectivity index is 0.000000621. The van der Waals surface area contributed by atoms with Crippen LogP contribution < -0.4 is 4.65 Å². The number of benzene rings is 1. The number of hydrogen-bond donors (Lipinski definition) is 2. The number of rotatable bonds is 8.